The van der Waals surface area contributed by atoms with Gasteiger partial charge in [-0.05, 0) is 43.2 Å². The van der Waals surface area contributed by atoms with E-state index in [2.05, 4.69) is 19.9 Å². The van der Waals surface area contributed by atoms with Crippen molar-refractivity contribution in [2.75, 3.05) is 7.11 Å². The SMILES string of the molecule is COC(=O)c1ccccc1-c1nc2cc(C)c(C)cc2nc1-c1ccccc1. The molecule has 0 spiro atoms. The van der Waals surface area contributed by atoms with Gasteiger partial charge in [0.1, 0.15) is 0 Å². The molecule has 3 aromatic carbocycles. The molecular formula is C24H20N2O2. The van der Waals surface area contributed by atoms with Crippen LogP contribution >= 0.6 is 0 Å². The predicted molar refractivity (Wildman–Crippen MR) is 111 cm³/mol. The molecule has 0 fully saturated rings. The van der Waals surface area contributed by atoms with Gasteiger partial charge in [0, 0.05) is 11.1 Å². The predicted octanol–water partition coefficient (Wildman–Crippen LogP) is 5.37. The minimum absolute atomic E-state index is 0.392. The van der Waals surface area contributed by atoms with E-state index in [4.69, 9.17) is 14.7 Å². The summed E-state index contributed by atoms with van der Waals surface area (Å²) in [6.45, 7) is 4.13. The maximum Gasteiger partial charge on any atom is 0.338 e. The van der Waals surface area contributed by atoms with Gasteiger partial charge in [-0.2, -0.15) is 0 Å². The zero-order valence-electron chi connectivity index (χ0n) is 16.1. The van der Waals surface area contributed by atoms with Gasteiger partial charge in [0.25, 0.3) is 0 Å². The van der Waals surface area contributed by atoms with Crippen LogP contribution in [0.4, 0.5) is 0 Å². The topological polar surface area (TPSA) is 52.1 Å². The number of rotatable bonds is 3. The van der Waals surface area contributed by atoms with Crippen LogP contribution in [0.1, 0.15) is 21.5 Å². The van der Waals surface area contributed by atoms with Gasteiger partial charge in [-0.15, -0.1) is 0 Å². The van der Waals surface area contributed by atoms with Crippen LogP contribution in [0.5, 0.6) is 0 Å². The summed E-state index contributed by atoms with van der Waals surface area (Å²) in [5.41, 5.74) is 7.50. The summed E-state index contributed by atoms with van der Waals surface area (Å²) in [6.07, 6.45) is 0. The fraction of sp³-hybridized carbons (Fsp3) is 0.125. The molecule has 0 bridgehead atoms. The molecule has 1 aromatic heterocycles. The molecule has 0 aliphatic heterocycles. The van der Waals surface area contributed by atoms with Crippen molar-refractivity contribution >= 4 is 17.0 Å². The molecule has 4 aromatic rings. The Labute approximate surface area is 163 Å². The number of hydrogen-bond acceptors (Lipinski definition) is 4. The Morgan fingerprint density at radius 1 is 0.786 bits per heavy atom. The third-order valence-corrected chi connectivity index (χ3v) is 4.91. The Kier molecular flexibility index (Phi) is 4.62. The van der Waals surface area contributed by atoms with Gasteiger partial charge in [-0.1, -0.05) is 48.5 Å². The van der Waals surface area contributed by atoms with Crippen molar-refractivity contribution < 1.29 is 9.53 Å². The Morgan fingerprint density at radius 2 is 1.36 bits per heavy atom. The number of aromatic nitrogens is 2. The van der Waals surface area contributed by atoms with E-state index in [9.17, 15) is 4.79 Å². The summed E-state index contributed by atoms with van der Waals surface area (Å²) in [4.78, 5) is 22.2. The van der Waals surface area contributed by atoms with Gasteiger partial charge in [0.15, 0.2) is 0 Å². The second-order valence-electron chi connectivity index (χ2n) is 6.75. The van der Waals surface area contributed by atoms with Gasteiger partial charge < -0.3 is 4.74 Å². The number of esters is 1. The molecule has 138 valence electrons. The zero-order chi connectivity index (χ0) is 19.7. The van der Waals surface area contributed by atoms with E-state index in [-0.39, 0.29) is 0 Å². The van der Waals surface area contributed by atoms with Crippen LogP contribution < -0.4 is 0 Å². The molecule has 0 aliphatic rings. The van der Waals surface area contributed by atoms with Crippen LogP contribution in [0.25, 0.3) is 33.5 Å². The molecule has 0 radical (unpaired) electrons. The van der Waals surface area contributed by atoms with Crippen molar-refractivity contribution in [1.82, 2.24) is 9.97 Å². The van der Waals surface area contributed by atoms with E-state index in [0.717, 1.165) is 27.9 Å². The Bertz CT molecular complexity index is 1180. The van der Waals surface area contributed by atoms with Crippen molar-refractivity contribution in [2.45, 2.75) is 13.8 Å². The van der Waals surface area contributed by atoms with E-state index < -0.39 is 5.97 Å². The molecule has 28 heavy (non-hydrogen) atoms. The second-order valence-corrected chi connectivity index (χ2v) is 6.75. The van der Waals surface area contributed by atoms with E-state index in [0.29, 0.717) is 16.8 Å². The van der Waals surface area contributed by atoms with Gasteiger partial charge in [-0.3, -0.25) is 0 Å². The number of aryl methyl sites for hydroxylation is 2. The van der Waals surface area contributed by atoms with E-state index in [1.54, 1.807) is 6.07 Å². The largest absolute Gasteiger partial charge is 0.465 e. The molecule has 0 unspecified atom stereocenters. The second kappa shape index (κ2) is 7.24. The van der Waals surface area contributed by atoms with Crippen LogP contribution in [0, 0.1) is 13.8 Å². The zero-order valence-corrected chi connectivity index (χ0v) is 16.1. The fourth-order valence-electron chi connectivity index (χ4n) is 3.27. The molecule has 0 aliphatic carbocycles. The average molecular weight is 368 g/mol. The first-order valence-electron chi connectivity index (χ1n) is 9.10. The lowest BCUT2D eigenvalue weighted by molar-refractivity contribution is 0.0601. The first-order valence-corrected chi connectivity index (χ1v) is 9.10. The van der Waals surface area contributed by atoms with Crippen molar-refractivity contribution in [2.24, 2.45) is 0 Å². The highest BCUT2D eigenvalue weighted by atomic mass is 16.5. The summed E-state index contributed by atoms with van der Waals surface area (Å²) in [5.74, 6) is -0.392. The standard InChI is InChI=1S/C24H20N2O2/c1-15-13-20-21(14-16(15)2)26-23(22(25-20)17-9-5-4-6-10-17)18-11-7-8-12-19(18)24(27)28-3/h4-14H,1-3H3. The number of fused-ring (bicyclic) bond motifs is 1. The van der Waals surface area contributed by atoms with Crippen LogP contribution in [0.3, 0.4) is 0 Å². The Hall–Kier alpha value is -3.53. The lowest BCUT2D eigenvalue weighted by Crippen LogP contribution is -2.05. The molecule has 0 saturated heterocycles. The quantitative estimate of drug-likeness (QED) is 0.456. The van der Waals surface area contributed by atoms with Crippen LogP contribution in [0.2, 0.25) is 0 Å². The highest BCUT2D eigenvalue weighted by molar-refractivity contribution is 5.99. The smallest absolute Gasteiger partial charge is 0.338 e. The molecule has 0 atom stereocenters. The van der Waals surface area contributed by atoms with E-state index >= 15 is 0 Å². The highest BCUT2D eigenvalue weighted by Crippen LogP contribution is 2.33. The van der Waals surface area contributed by atoms with Crippen molar-refractivity contribution in [3.05, 3.63) is 83.4 Å². The Morgan fingerprint density at radius 3 is 2.00 bits per heavy atom. The number of carbonyl (C=O) groups is 1. The molecular weight excluding hydrogens is 348 g/mol. The summed E-state index contributed by atoms with van der Waals surface area (Å²) >= 11 is 0. The normalized spacial score (nSPS) is 10.8. The molecule has 4 rings (SSSR count). The van der Waals surface area contributed by atoms with Crippen LogP contribution in [-0.2, 0) is 4.74 Å². The molecule has 0 amide bonds. The molecule has 1 heterocycles. The first-order chi connectivity index (χ1) is 13.6. The molecule has 0 N–H and O–H groups in total. The third-order valence-electron chi connectivity index (χ3n) is 4.91. The number of nitrogens with zero attached hydrogens (tertiary/aromatic N) is 2. The number of methoxy groups -OCH3 is 1. The van der Waals surface area contributed by atoms with E-state index in [1.165, 1.54) is 12.7 Å². The lowest BCUT2D eigenvalue weighted by Gasteiger charge is -2.14. The third kappa shape index (κ3) is 3.14. The summed E-state index contributed by atoms with van der Waals surface area (Å²) in [6, 6.07) is 21.3. The van der Waals surface area contributed by atoms with E-state index in [1.807, 2.05) is 54.6 Å². The van der Waals surface area contributed by atoms with Gasteiger partial charge >= 0.3 is 5.97 Å². The Balaban J connectivity index is 2.07. The summed E-state index contributed by atoms with van der Waals surface area (Å²) in [7, 11) is 1.38. The lowest BCUT2D eigenvalue weighted by atomic mass is 9.98. The van der Waals surface area contributed by atoms with Crippen LogP contribution in [0.15, 0.2) is 66.7 Å². The minimum Gasteiger partial charge on any atom is -0.465 e. The number of hydrogen-bond donors (Lipinski definition) is 0. The number of benzene rings is 3. The van der Waals surface area contributed by atoms with Crippen LogP contribution in [-0.4, -0.2) is 23.0 Å². The summed E-state index contributed by atoms with van der Waals surface area (Å²) < 4.78 is 4.98. The molecule has 4 nitrogen and oxygen atoms in total. The number of ether oxygens (including phenoxy) is 1. The highest BCUT2D eigenvalue weighted by Gasteiger charge is 2.19. The summed E-state index contributed by atoms with van der Waals surface area (Å²) in [5, 5.41) is 0. The molecule has 4 heteroatoms. The average Bonchev–Trinajstić information content (AvgIpc) is 2.74. The first kappa shape index (κ1) is 17.9. The van der Waals surface area contributed by atoms with Gasteiger partial charge in [-0.25, -0.2) is 14.8 Å². The van der Waals surface area contributed by atoms with Gasteiger partial charge in [0.2, 0.25) is 0 Å². The maximum atomic E-state index is 12.3. The molecule has 0 saturated carbocycles. The van der Waals surface area contributed by atoms with Crippen molar-refractivity contribution in [1.29, 1.82) is 0 Å². The van der Waals surface area contributed by atoms with Crippen molar-refractivity contribution in [3.8, 4) is 22.5 Å². The fourth-order valence-corrected chi connectivity index (χ4v) is 3.27. The van der Waals surface area contributed by atoms with Crippen molar-refractivity contribution in [3.63, 3.8) is 0 Å². The van der Waals surface area contributed by atoms with Gasteiger partial charge in [0.05, 0.1) is 35.1 Å². The maximum absolute atomic E-state index is 12.3. The minimum atomic E-state index is -0.392. The number of carbonyl (C=O) groups excluding carboxylic acids is 1. The monoisotopic (exact) mass is 368 g/mol.